The van der Waals surface area contributed by atoms with Crippen LogP contribution < -0.4 is 10.1 Å². The summed E-state index contributed by atoms with van der Waals surface area (Å²) >= 11 is 0. The molecule has 1 aliphatic heterocycles. The van der Waals surface area contributed by atoms with E-state index in [0.717, 1.165) is 31.6 Å². The molecule has 2 aromatic rings. The molecule has 27 heavy (non-hydrogen) atoms. The van der Waals surface area contributed by atoms with Gasteiger partial charge in [-0.25, -0.2) is 4.79 Å². The summed E-state index contributed by atoms with van der Waals surface area (Å²) in [5, 5.41) is 6.80. The van der Waals surface area contributed by atoms with Crippen LogP contribution in [0.1, 0.15) is 48.0 Å². The molecule has 2 heterocycles. The molecular formula is C20H26N4O3. The van der Waals surface area contributed by atoms with Gasteiger partial charge in [0.1, 0.15) is 12.4 Å². The third-order valence-corrected chi connectivity index (χ3v) is 5.32. The van der Waals surface area contributed by atoms with Gasteiger partial charge in [0.15, 0.2) is 5.82 Å². The minimum atomic E-state index is -0.0616. The molecule has 0 saturated carbocycles. The lowest BCUT2D eigenvalue weighted by Crippen LogP contribution is -2.46. The Bertz CT molecular complexity index is 804. The molecule has 0 spiro atoms. The second-order valence-electron chi connectivity index (χ2n) is 7.33. The van der Waals surface area contributed by atoms with Gasteiger partial charge in [-0.15, -0.1) is 0 Å². The maximum atomic E-state index is 12.4. The van der Waals surface area contributed by atoms with Gasteiger partial charge >= 0.3 is 6.03 Å². The highest BCUT2D eigenvalue weighted by molar-refractivity contribution is 5.74. The molecule has 1 saturated heterocycles. The Hall–Kier alpha value is -2.57. The van der Waals surface area contributed by atoms with Crippen molar-refractivity contribution < 1.29 is 14.1 Å². The quantitative estimate of drug-likeness (QED) is 0.819. The zero-order chi connectivity index (χ0) is 18.6. The van der Waals surface area contributed by atoms with Gasteiger partial charge in [-0.2, -0.15) is 4.98 Å². The number of ether oxygens (including phenoxy) is 1. The van der Waals surface area contributed by atoms with Crippen LogP contribution in [-0.4, -0.2) is 47.3 Å². The highest BCUT2D eigenvalue weighted by Crippen LogP contribution is 2.26. The highest BCUT2D eigenvalue weighted by atomic mass is 16.5. The van der Waals surface area contributed by atoms with E-state index in [-0.39, 0.29) is 11.9 Å². The van der Waals surface area contributed by atoms with E-state index in [0.29, 0.717) is 31.4 Å². The standard InChI is InChI=1S/C20H26N4O3/c1-14-22-19(27-23-14)17-6-3-10-24(13-17)20(25)21-9-11-26-18-8-7-15-4-2-5-16(15)12-18/h7-8,12,17H,2-6,9-11,13H2,1H3,(H,21,25)/t17-/m0/s1. The summed E-state index contributed by atoms with van der Waals surface area (Å²) in [7, 11) is 0. The predicted molar refractivity (Wildman–Crippen MR) is 99.9 cm³/mol. The lowest BCUT2D eigenvalue weighted by Gasteiger charge is -2.31. The molecule has 7 nitrogen and oxygen atoms in total. The molecule has 1 aliphatic carbocycles. The average molecular weight is 370 g/mol. The van der Waals surface area contributed by atoms with E-state index in [1.54, 1.807) is 6.92 Å². The third-order valence-electron chi connectivity index (χ3n) is 5.32. The molecule has 0 bridgehead atoms. The molecule has 4 rings (SSSR count). The number of aryl methyl sites for hydroxylation is 3. The van der Waals surface area contributed by atoms with Crippen LogP contribution in [0.15, 0.2) is 22.7 Å². The molecule has 1 N–H and O–H groups in total. The highest BCUT2D eigenvalue weighted by Gasteiger charge is 2.28. The van der Waals surface area contributed by atoms with Gasteiger partial charge in [0.2, 0.25) is 5.89 Å². The first-order chi connectivity index (χ1) is 13.2. The van der Waals surface area contributed by atoms with Crippen molar-refractivity contribution in [3.8, 4) is 5.75 Å². The molecular weight excluding hydrogens is 344 g/mol. The van der Waals surface area contributed by atoms with E-state index in [2.05, 4.69) is 27.6 Å². The first kappa shape index (κ1) is 17.8. The number of aromatic nitrogens is 2. The Morgan fingerprint density at radius 2 is 2.22 bits per heavy atom. The fourth-order valence-electron chi connectivity index (χ4n) is 3.92. The van der Waals surface area contributed by atoms with Gasteiger partial charge < -0.3 is 19.5 Å². The number of benzene rings is 1. The summed E-state index contributed by atoms with van der Waals surface area (Å²) in [6.07, 6.45) is 5.44. The van der Waals surface area contributed by atoms with E-state index in [1.807, 2.05) is 11.0 Å². The number of likely N-dealkylation sites (tertiary alicyclic amines) is 1. The number of hydrogen-bond acceptors (Lipinski definition) is 5. The van der Waals surface area contributed by atoms with Gasteiger partial charge in [0.25, 0.3) is 0 Å². The van der Waals surface area contributed by atoms with Crippen molar-refractivity contribution >= 4 is 6.03 Å². The zero-order valence-corrected chi connectivity index (χ0v) is 15.7. The number of nitrogens with zero attached hydrogens (tertiary/aromatic N) is 3. The third kappa shape index (κ3) is 4.23. The Kier molecular flexibility index (Phi) is 5.27. The predicted octanol–water partition coefficient (Wildman–Crippen LogP) is 2.83. The smallest absolute Gasteiger partial charge is 0.317 e. The molecule has 7 heteroatoms. The van der Waals surface area contributed by atoms with Crippen LogP contribution >= 0.6 is 0 Å². The van der Waals surface area contributed by atoms with Crippen LogP contribution in [-0.2, 0) is 12.8 Å². The summed E-state index contributed by atoms with van der Waals surface area (Å²) in [6, 6.07) is 6.25. The molecule has 144 valence electrons. The van der Waals surface area contributed by atoms with Gasteiger partial charge in [0, 0.05) is 13.1 Å². The van der Waals surface area contributed by atoms with Gasteiger partial charge in [-0.1, -0.05) is 11.2 Å². The van der Waals surface area contributed by atoms with Gasteiger partial charge in [0.05, 0.1) is 12.5 Å². The molecule has 1 aromatic heterocycles. The molecule has 1 fully saturated rings. The normalized spacial score (nSPS) is 19.0. The Labute approximate surface area is 159 Å². The Balaban J connectivity index is 1.22. The molecule has 0 radical (unpaired) electrons. The van der Waals surface area contributed by atoms with E-state index in [1.165, 1.54) is 24.0 Å². The minimum absolute atomic E-state index is 0.0616. The number of fused-ring (bicyclic) bond motifs is 1. The fourth-order valence-corrected chi connectivity index (χ4v) is 3.92. The van der Waals surface area contributed by atoms with Crippen molar-refractivity contribution in [3.63, 3.8) is 0 Å². The first-order valence-electron chi connectivity index (χ1n) is 9.76. The number of piperidine rings is 1. The van der Waals surface area contributed by atoms with E-state index >= 15 is 0 Å². The molecule has 2 aliphatic rings. The Morgan fingerprint density at radius 1 is 1.33 bits per heavy atom. The summed E-state index contributed by atoms with van der Waals surface area (Å²) in [5.41, 5.74) is 2.83. The molecule has 1 atom stereocenters. The summed E-state index contributed by atoms with van der Waals surface area (Å²) < 4.78 is 11.1. The van der Waals surface area contributed by atoms with Crippen molar-refractivity contribution in [1.29, 1.82) is 0 Å². The van der Waals surface area contributed by atoms with Crippen LogP contribution in [0.4, 0.5) is 4.79 Å². The van der Waals surface area contributed by atoms with Crippen LogP contribution in [0.2, 0.25) is 0 Å². The number of amides is 2. The lowest BCUT2D eigenvalue weighted by atomic mass is 9.98. The monoisotopic (exact) mass is 370 g/mol. The van der Waals surface area contributed by atoms with Crippen molar-refractivity contribution in [3.05, 3.63) is 41.0 Å². The topological polar surface area (TPSA) is 80.5 Å². The maximum absolute atomic E-state index is 12.4. The van der Waals surface area contributed by atoms with E-state index in [9.17, 15) is 4.79 Å². The second-order valence-corrected chi connectivity index (χ2v) is 7.33. The Morgan fingerprint density at radius 3 is 3.07 bits per heavy atom. The number of hydrogen-bond donors (Lipinski definition) is 1. The largest absolute Gasteiger partial charge is 0.492 e. The number of urea groups is 1. The van der Waals surface area contributed by atoms with Crippen LogP contribution in [0.3, 0.4) is 0 Å². The van der Waals surface area contributed by atoms with E-state index in [4.69, 9.17) is 9.26 Å². The van der Waals surface area contributed by atoms with Gasteiger partial charge in [-0.3, -0.25) is 0 Å². The minimum Gasteiger partial charge on any atom is -0.492 e. The summed E-state index contributed by atoms with van der Waals surface area (Å²) in [5.74, 6) is 2.27. The van der Waals surface area contributed by atoms with Crippen molar-refractivity contribution in [2.24, 2.45) is 0 Å². The van der Waals surface area contributed by atoms with Crippen molar-refractivity contribution in [2.45, 2.75) is 44.9 Å². The SMILES string of the molecule is Cc1noc([C@H]2CCCN(C(=O)NCCOc3ccc4c(c3)CCC4)C2)n1. The van der Waals surface area contributed by atoms with Crippen molar-refractivity contribution in [2.75, 3.05) is 26.2 Å². The first-order valence-corrected chi connectivity index (χ1v) is 9.76. The average Bonchev–Trinajstić information content (AvgIpc) is 3.33. The number of carbonyl (C=O) groups is 1. The van der Waals surface area contributed by atoms with Crippen LogP contribution in [0, 0.1) is 6.92 Å². The second kappa shape index (κ2) is 7.98. The molecule has 1 aromatic carbocycles. The van der Waals surface area contributed by atoms with Gasteiger partial charge in [-0.05, 0) is 62.3 Å². The molecule has 0 unspecified atom stereocenters. The van der Waals surface area contributed by atoms with Crippen molar-refractivity contribution in [1.82, 2.24) is 20.4 Å². The molecule has 2 amide bonds. The number of rotatable bonds is 5. The fraction of sp³-hybridized carbons (Fsp3) is 0.550. The lowest BCUT2D eigenvalue weighted by molar-refractivity contribution is 0.170. The maximum Gasteiger partial charge on any atom is 0.317 e. The summed E-state index contributed by atoms with van der Waals surface area (Å²) in [6.45, 7) is 4.11. The van der Waals surface area contributed by atoms with Crippen LogP contribution in [0.5, 0.6) is 5.75 Å². The number of carbonyl (C=O) groups excluding carboxylic acids is 1. The van der Waals surface area contributed by atoms with E-state index < -0.39 is 0 Å². The summed E-state index contributed by atoms with van der Waals surface area (Å²) in [4.78, 5) is 18.6. The zero-order valence-electron chi connectivity index (χ0n) is 15.7. The van der Waals surface area contributed by atoms with Crippen LogP contribution in [0.25, 0.3) is 0 Å². The number of nitrogens with one attached hydrogen (secondary N) is 1.